The van der Waals surface area contributed by atoms with Crippen molar-refractivity contribution in [1.29, 1.82) is 0 Å². The molecule has 4 nitrogen and oxygen atoms in total. The summed E-state index contributed by atoms with van der Waals surface area (Å²) in [6, 6.07) is 2.08. The number of nitrogens with one attached hydrogen (secondary N) is 1. The summed E-state index contributed by atoms with van der Waals surface area (Å²) in [4.78, 5) is 15.6. The van der Waals surface area contributed by atoms with Crippen LogP contribution < -0.4 is 5.32 Å². The van der Waals surface area contributed by atoms with E-state index >= 15 is 0 Å². The maximum Gasteiger partial charge on any atom is 0.316 e. The molecule has 1 rings (SSSR count). The molecule has 0 aliphatic carbocycles. The molecule has 1 N–H and O–H groups in total. The fraction of sp³-hybridized carbons (Fsp3) is 0.500. The largest absolute Gasteiger partial charge is 0.465 e. The summed E-state index contributed by atoms with van der Waals surface area (Å²) in [7, 11) is 1.90. The number of hydrogen-bond acceptors (Lipinski definition) is 5. The highest BCUT2D eigenvalue weighted by atomic mass is 32.2. The van der Waals surface area contributed by atoms with Gasteiger partial charge in [-0.2, -0.15) is 0 Å². The van der Waals surface area contributed by atoms with Crippen molar-refractivity contribution in [2.45, 2.75) is 25.4 Å². The number of aryl methyl sites for hydroxylation is 1. The van der Waals surface area contributed by atoms with Crippen LogP contribution in [-0.2, 0) is 16.1 Å². The Kier molecular flexibility index (Phi) is 6.00. The van der Waals surface area contributed by atoms with E-state index < -0.39 is 0 Å². The molecule has 0 aromatic carbocycles. The van der Waals surface area contributed by atoms with E-state index in [1.54, 1.807) is 6.92 Å². The Labute approximate surface area is 106 Å². The third kappa shape index (κ3) is 4.75. The molecule has 0 spiro atoms. The number of pyridine rings is 1. The van der Waals surface area contributed by atoms with Gasteiger partial charge in [0.1, 0.15) is 0 Å². The van der Waals surface area contributed by atoms with Crippen molar-refractivity contribution in [3.05, 3.63) is 23.4 Å². The first-order chi connectivity index (χ1) is 8.17. The average Bonchev–Trinajstić information content (AvgIpc) is 2.29. The number of ether oxygens (including phenoxy) is 1. The fourth-order valence-corrected chi connectivity index (χ4v) is 2.15. The van der Waals surface area contributed by atoms with Gasteiger partial charge < -0.3 is 10.1 Å². The Morgan fingerprint density at radius 1 is 1.59 bits per heavy atom. The SMILES string of the molecule is CCOC(=O)CSc1ncc(CNC)cc1C. The van der Waals surface area contributed by atoms with E-state index in [0.29, 0.717) is 12.4 Å². The molecule has 0 saturated carbocycles. The van der Waals surface area contributed by atoms with Crippen LogP contribution in [-0.4, -0.2) is 30.4 Å². The number of carbonyl (C=O) groups is 1. The fourth-order valence-electron chi connectivity index (χ4n) is 1.40. The summed E-state index contributed by atoms with van der Waals surface area (Å²) < 4.78 is 4.87. The predicted octanol–water partition coefficient (Wildman–Crippen LogP) is 1.76. The van der Waals surface area contributed by atoms with Crippen LogP contribution in [0.1, 0.15) is 18.1 Å². The van der Waals surface area contributed by atoms with Gasteiger partial charge >= 0.3 is 5.97 Å². The number of hydrogen-bond donors (Lipinski definition) is 1. The van der Waals surface area contributed by atoms with Gasteiger partial charge in [-0.25, -0.2) is 4.98 Å². The van der Waals surface area contributed by atoms with Gasteiger partial charge in [-0.15, -0.1) is 0 Å². The van der Waals surface area contributed by atoms with Crippen molar-refractivity contribution in [2.24, 2.45) is 0 Å². The Morgan fingerprint density at radius 3 is 2.94 bits per heavy atom. The lowest BCUT2D eigenvalue weighted by Crippen LogP contribution is -2.08. The van der Waals surface area contributed by atoms with Gasteiger partial charge in [-0.3, -0.25) is 4.79 Å². The minimum absolute atomic E-state index is 0.196. The second-order valence-electron chi connectivity index (χ2n) is 3.59. The lowest BCUT2D eigenvalue weighted by atomic mass is 10.2. The van der Waals surface area contributed by atoms with Gasteiger partial charge in [0.25, 0.3) is 0 Å². The number of aromatic nitrogens is 1. The molecule has 1 aromatic heterocycles. The minimum Gasteiger partial charge on any atom is -0.465 e. The predicted molar refractivity (Wildman–Crippen MR) is 69.1 cm³/mol. The summed E-state index contributed by atoms with van der Waals surface area (Å²) in [5, 5.41) is 3.96. The first-order valence-corrected chi connectivity index (χ1v) is 6.54. The lowest BCUT2D eigenvalue weighted by molar-refractivity contribution is -0.139. The van der Waals surface area contributed by atoms with Crippen molar-refractivity contribution in [1.82, 2.24) is 10.3 Å². The minimum atomic E-state index is -0.196. The monoisotopic (exact) mass is 254 g/mol. The van der Waals surface area contributed by atoms with Crippen molar-refractivity contribution in [3.8, 4) is 0 Å². The zero-order chi connectivity index (χ0) is 12.7. The van der Waals surface area contributed by atoms with E-state index in [1.165, 1.54) is 11.8 Å². The Bertz CT molecular complexity index is 383. The van der Waals surface area contributed by atoms with E-state index in [0.717, 1.165) is 22.7 Å². The molecule has 0 unspecified atom stereocenters. The molecule has 0 amide bonds. The number of rotatable bonds is 6. The number of carbonyl (C=O) groups excluding carboxylic acids is 1. The van der Waals surface area contributed by atoms with Gasteiger partial charge in [0, 0.05) is 12.7 Å². The summed E-state index contributed by atoms with van der Waals surface area (Å²) in [5.41, 5.74) is 2.23. The zero-order valence-electron chi connectivity index (χ0n) is 10.4. The summed E-state index contributed by atoms with van der Waals surface area (Å²) in [5.74, 6) is 0.116. The summed E-state index contributed by atoms with van der Waals surface area (Å²) in [6.45, 7) is 5.03. The highest BCUT2D eigenvalue weighted by Gasteiger charge is 2.07. The molecule has 0 fully saturated rings. The van der Waals surface area contributed by atoms with Gasteiger partial charge in [0.05, 0.1) is 17.4 Å². The summed E-state index contributed by atoms with van der Waals surface area (Å²) >= 11 is 1.42. The lowest BCUT2D eigenvalue weighted by Gasteiger charge is -2.06. The van der Waals surface area contributed by atoms with Crippen LogP contribution in [0.4, 0.5) is 0 Å². The first-order valence-electron chi connectivity index (χ1n) is 5.56. The molecule has 1 heterocycles. The van der Waals surface area contributed by atoms with E-state index in [4.69, 9.17) is 4.74 Å². The maximum atomic E-state index is 11.2. The molecule has 94 valence electrons. The second kappa shape index (κ2) is 7.29. The topological polar surface area (TPSA) is 51.2 Å². The van der Waals surface area contributed by atoms with Gasteiger partial charge in [0.2, 0.25) is 0 Å². The maximum absolute atomic E-state index is 11.2. The molecule has 0 aliphatic rings. The average molecular weight is 254 g/mol. The molecular weight excluding hydrogens is 236 g/mol. The molecule has 17 heavy (non-hydrogen) atoms. The van der Waals surface area contributed by atoms with Crippen molar-refractivity contribution >= 4 is 17.7 Å². The van der Waals surface area contributed by atoms with Crippen LogP contribution in [0.15, 0.2) is 17.3 Å². The van der Waals surface area contributed by atoms with E-state index in [2.05, 4.69) is 16.4 Å². The van der Waals surface area contributed by atoms with Crippen LogP contribution >= 0.6 is 11.8 Å². The van der Waals surface area contributed by atoms with Gasteiger partial charge in [-0.05, 0) is 32.0 Å². The van der Waals surface area contributed by atoms with E-state index in [-0.39, 0.29) is 5.97 Å². The van der Waals surface area contributed by atoms with Crippen molar-refractivity contribution < 1.29 is 9.53 Å². The highest BCUT2D eigenvalue weighted by molar-refractivity contribution is 7.99. The smallest absolute Gasteiger partial charge is 0.316 e. The first kappa shape index (κ1) is 14.0. The van der Waals surface area contributed by atoms with Gasteiger partial charge in [0.15, 0.2) is 0 Å². The highest BCUT2D eigenvalue weighted by Crippen LogP contribution is 2.20. The molecular formula is C12H18N2O2S. The van der Waals surface area contributed by atoms with Crippen LogP contribution in [0, 0.1) is 6.92 Å². The third-order valence-corrected chi connectivity index (χ3v) is 3.18. The molecule has 0 aliphatic heterocycles. The van der Waals surface area contributed by atoms with Crippen LogP contribution in [0.5, 0.6) is 0 Å². The van der Waals surface area contributed by atoms with Crippen LogP contribution in [0.3, 0.4) is 0 Å². The third-order valence-electron chi connectivity index (χ3n) is 2.10. The number of nitrogens with zero attached hydrogens (tertiary/aromatic N) is 1. The molecule has 1 aromatic rings. The number of esters is 1. The van der Waals surface area contributed by atoms with Crippen LogP contribution in [0.2, 0.25) is 0 Å². The summed E-state index contributed by atoms with van der Waals surface area (Å²) in [6.07, 6.45) is 1.83. The normalized spacial score (nSPS) is 10.3. The molecule has 0 atom stereocenters. The molecule has 0 radical (unpaired) electrons. The second-order valence-corrected chi connectivity index (χ2v) is 4.55. The number of thioether (sulfide) groups is 1. The Balaban J connectivity index is 2.57. The zero-order valence-corrected chi connectivity index (χ0v) is 11.3. The Hall–Kier alpha value is -1.07. The van der Waals surface area contributed by atoms with E-state index in [9.17, 15) is 4.79 Å². The standard InChI is InChI=1S/C12H18N2O2S/c1-4-16-11(15)8-17-12-9(2)5-10(6-13-3)7-14-12/h5,7,13H,4,6,8H2,1-3H3. The Morgan fingerprint density at radius 2 is 2.35 bits per heavy atom. The molecule has 5 heteroatoms. The van der Waals surface area contributed by atoms with Gasteiger partial charge in [-0.1, -0.05) is 17.8 Å². The molecule has 0 saturated heterocycles. The van der Waals surface area contributed by atoms with Crippen molar-refractivity contribution in [2.75, 3.05) is 19.4 Å². The van der Waals surface area contributed by atoms with E-state index in [1.807, 2.05) is 20.2 Å². The van der Waals surface area contributed by atoms with Crippen molar-refractivity contribution in [3.63, 3.8) is 0 Å². The molecule has 0 bridgehead atoms. The quantitative estimate of drug-likeness (QED) is 0.619. The van der Waals surface area contributed by atoms with Crippen LogP contribution in [0.25, 0.3) is 0 Å².